The molecule has 3 rings (SSSR count). The van der Waals surface area contributed by atoms with Gasteiger partial charge in [-0.3, -0.25) is 4.79 Å². The lowest BCUT2D eigenvalue weighted by molar-refractivity contribution is -0.141. The summed E-state index contributed by atoms with van der Waals surface area (Å²) in [6, 6.07) is 0. The van der Waals surface area contributed by atoms with Crippen molar-refractivity contribution in [1.82, 2.24) is 9.55 Å². The first-order valence-corrected chi connectivity index (χ1v) is 6.53. The molecule has 17 heavy (non-hydrogen) atoms. The highest BCUT2D eigenvalue weighted by molar-refractivity contribution is 5.70. The number of nitrogens with zero attached hydrogens (tertiary/aromatic N) is 2. The number of carboxylic acids is 1. The van der Waals surface area contributed by atoms with Gasteiger partial charge in [-0.1, -0.05) is 19.3 Å². The number of aliphatic carboxylic acids is 1. The summed E-state index contributed by atoms with van der Waals surface area (Å²) >= 11 is 0. The molecule has 2 aliphatic rings. The predicted octanol–water partition coefficient (Wildman–Crippen LogP) is 2.19. The molecule has 4 nitrogen and oxygen atoms in total. The minimum Gasteiger partial charge on any atom is -0.481 e. The summed E-state index contributed by atoms with van der Waals surface area (Å²) in [6.45, 7) is 0.602. The normalized spacial score (nSPS) is 24.8. The second-order valence-electron chi connectivity index (χ2n) is 5.31. The standard InChI is InChI=1S/C13H18N2O2/c16-13(17)10-6-12-14-11(8-15(12)7-10)9-4-2-1-3-5-9/h8-10H,1-7H2,(H,16,17). The molecule has 2 heterocycles. The Hall–Kier alpha value is -1.32. The minimum absolute atomic E-state index is 0.266. The average molecular weight is 234 g/mol. The number of aromatic nitrogens is 2. The van der Waals surface area contributed by atoms with Gasteiger partial charge >= 0.3 is 5.97 Å². The maximum Gasteiger partial charge on any atom is 0.308 e. The fourth-order valence-corrected chi connectivity index (χ4v) is 3.08. The molecular weight excluding hydrogens is 216 g/mol. The van der Waals surface area contributed by atoms with E-state index in [1.165, 1.54) is 37.8 Å². The van der Waals surface area contributed by atoms with Crippen molar-refractivity contribution < 1.29 is 9.90 Å². The Morgan fingerprint density at radius 3 is 2.76 bits per heavy atom. The molecule has 4 heteroatoms. The van der Waals surface area contributed by atoms with E-state index >= 15 is 0 Å². The predicted molar refractivity (Wildman–Crippen MR) is 62.9 cm³/mol. The maximum atomic E-state index is 10.9. The van der Waals surface area contributed by atoms with Crippen molar-refractivity contribution in [2.75, 3.05) is 0 Å². The lowest BCUT2D eigenvalue weighted by atomic mass is 9.87. The Balaban J connectivity index is 1.75. The van der Waals surface area contributed by atoms with Crippen LogP contribution in [-0.2, 0) is 17.8 Å². The summed E-state index contributed by atoms with van der Waals surface area (Å²) in [5, 5.41) is 8.98. The van der Waals surface area contributed by atoms with Gasteiger partial charge in [0.05, 0.1) is 11.6 Å². The first kappa shape index (κ1) is 10.8. The van der Waals surface area contributed by atoms with Crippen molar-refractivity contribution in [1.29, 1.82) is 0 Å². The monoisotopic (exact) mass is 234 g/mol. The molecule has 1 aliphatic heterocycles. The van der Waals surface area contributed by atoms with E-state index < -0.39 is 5.97 Å². The van der Waals surface area contributed by atoms with Crippen LogP contribution in [0.3, 0.4) is 0 Å². The summed E-state index contributed by atoms with van der Waals surface area (Å²) in [4.78, 5) is 15.6. The molecule has 0 aromatic carbocycles. The zero-order valence-corrected chi connectivity index (χ0v) is 9.93. The molecular formula is C13H18N2O2. The van der Waals surface area contributed by atoms with E-state index in [4.69, 9.17) is 5.11 Å². The number of carbonyl (C=O) groups is 1. The molecule has 0 spiro atoms. The zero-order valence-electron chi connectivity index (χ0n) is 9.93. The number of fused-ring (bicyclic) bond motifs is 1. The third-order valence-electron chi connectivity index (χ3n) is 4.10. The fourth-order valence-electron chi connectivity index (χ4n) is 3.08. The molecule has 1 atom stereocenters. The molecule has 1 aromatic heterocycles. The fraction of sp³-hybridized carbons (Fsp3) is 0.692. The van der Waals surface area contributed by atoms with Crippen molar-refractivity contribution in [2.24, 2.45) is 5.92 Å². The molecule has 1 saturated carbocycles. The Kier molecular flexibility index (Phi) is 2.65. The van der Waals surface area contributed by atoms with E-state index in [1.807, 2.05) is 4.57 Å². The van der Waals surface area contributed by atoms with Crippen LogP contribution >= 0.6 is 0 Å². The molecule has 1 aromatic rings. The van der Waals surface area contributed by atoms with Crippen LogP contribution < -0.4 is 0 Å². The first-order valence-electron chi connectivity index (χ1n) is 6.53. The summed E-state index contributed by atoms with van der Waals surface area (Å²) < 4.78 is 2.04. The van der Waals surface area contributed by atoms with E-state index in [1.54, 1.807) is 0 Å². The Morgan fingerprint density at radius 1 is 1.35 bits per heavy atom. The Morgan fingerprint density at radius 2 is 2.12 bits per heavy atom. The highest BCUT2D eigenvalue weighted by Crippen LogP contribution is 2.33. The minimum atomic E-state index is -0.699. The third kappa shape index (κ3) is 1.96. The van der Waals surface area contributed by atoms with Gasteiger partial charge in [0.2, 0.25) is 0 Å². The molecule has 0 saturated heterocycles. The van der Waals surface area contributed by atoms with Crippen molar-refractivity contribution in [2.45, 2.75) is 51.0 Å². The second-order valence-corrected chi connectivity index (χ2v) is 5.31. The van der Waals surface area contributed by atoms with E-state index in [9.17, 15) is 4.79 Å². The highest BCUT2D eigenvalue weighted by atomic mass is 16.4. The van der Waals surface area contributed by atoms with Crippen LogP contribution in [0.4, 0.5) is 0 Å². The van der Waals surface area contributed by atoms with E-state index in [0.29, 0.717) is 18.9 Å². The van der Waals surface area contributed by atoms with E-state index in [2.05, 4.69) is 11.2 Å². The number of rotatable bonds is 2. The quantitative estimate of drug-likeness (QED) is 0.853. The van der Waals surface area contributed by atoms with Gasteiger partial charge in [0, 0.05) is 25.1 Å². The van der Waals surface area contributed by atoms with Crippen LogP contribution in [0, 0.1) is 5.92 Å². The van der Waals surface area contributed by atoms with Crippen LogP contribution in [0.5, 0.6) is 0 Å². The molecule has 0 amide bonds. The van der Waals surface area contributed by atoms with Gasteiger partial charge in [-0.05, 0) is 12.8 Å². The molecule has 0 bridgehead atoms. The largest absolute Gasteiger partial charge is 0.481 e. The van der Waals surface area contributed by atoms with Crippen LogP contribution in [-0.4, -0.2) is 20.6 Å². The highest BCUT2D eigenvalue weighted by Gasteiger charge is 2.30. The van der Waals surface area contributed by atoms with Crippen molar-refractivity contribution >= 4 is 5.97 Å². The van der Waals surface area contributed by atoms with Crippen molar-refractivity contribution in [3.63, 3.8) is 0 Å². The van der Waals surface area contributed by atoms with Crippen LogP contribution in [0.1, 0.15) is 49.5 Å². The maximum absolute atomic E-state index is 10.9. The van der Waals surface area contributed by atoms with Crippen LogP contribution in [0.25, 0.3) is 0 Å². The number of imidazole rings is 1. The lowest BCUT2D eigenvalue weighted by Crippen LogP contribution is -2.15. The Bertz CT molecular complexity index is 409. The van der Waals surface area contributed by atoms with Crippen molar-refractivity contribution in [3.05, 3.63) is 17.7 Å². The van der Waals surface area contributed by atoms with Gasteiger partial charge in [0.25, 0.3) is 0 Å². The summed E-state index contributed by atoms with van der Waals surface area (Å²) in [5.74, 6) is 0.621. The average Bonchev–Trinajstić information content (AvgIpc) is 2.87. The molecule has 1 fully saturated rings. The summed E-state index contributed by atoms with van der Waals surface area (Å²) in [7, 11) is 0. The number of hydrogen-bond acceptors (Lipinski definition) is 2. The third-order valence-corrected chi connectivity index (χ3v) is 4.10. The van der Waals surface area contributed by atoms with Gasteiger partial charge in [0.1, 0.15) is 5.82 Å². The molecule has 1 N–H and O–H groups in total. The van der Waals surface area contributed by atoms with Gasteiger partial charge in [-0.15, -0.1) is 0 Å². The van der Waals surface area contributed by atoms with E-state index in [-0.39, 0.29) is 5.92 Å². The van der Waals surface area contributed by atoms with Crippen molar-refractivity contribution in [3.8, 4) is 0 Å². The molecule has 92 valence electrons. The SMILES string of the molecule is O=C(O)C1Cc2nc(C3CCCCC3)cn2C1. The lowest BCUT2D eigenvalue weighted by Gasteiger charge is -2.19. The Labute approximate surface area is 101 Å². The first-order chi connectivity index (χ1) is 8.24. The smallest absolute Gasteiger partial charge is 0.308 e. The van der Waals surface area contributed by atoms with Gasteiger partial charge in [0.15, 0.2) is 0 Å². The summed E-state index contributed by atoms with van der Waals surface area (Å²) in [5.41, 5.74) is 1.20. The van der Waals surface area contributed by atoms with Crippen LogP contribution in [0.15, 0.2) is 6.20 Å². The van der Waals surface area contributed by atoms with E-state index in [0.717, 1.165) is 5.82 Å². The number of carboxylic acid groups (broad SMARTS) is 1. The second kappa shape index (κ2) is 4.17. The van der Waals surface area contributed by atoms with Gasteiger partial charge in [-0.25, -0.2) is 4.98 Å². The van der Waals surface area contributed by atoms with Gasteiger partial charge in [-0.2, -0.15) is 0 Å². The number of hydrogen-bond donors (Lipinski definition) is 1. The van der Waals surface area contributed by atoms with Crippen LogP contribution in [0.2, 0.25) is 0 Å². The van der Waals surface area contributed by atoms with Gasteiger partial charge < -0.3 is 9.67 Å². The zero-order chi connectivity index (χ0) is 11.8. The summed E-state index contributed by atoms with van der Waals surface area (Å²) in [6.07, 6.45) is 9.16. The molecule has 0 radical (unpaired) electrons. The topological polar surface area (TPSA) is 55.1 Å². The molecule has 1 unspecified atom stereocenters. The molecule has 1 aliphatic carbocycles.